The fraction of sp³-hybridized carbons (Fsp3) is 0.625. The Morgan fingerprint density at radius 1 is 1.39 bits per heavy atom. The van der Waals surface area contributed by atoms with Crippen molar-refractivity contribution in [3.8, 4) is 0 Å². The van der Waals surface area contributed by atoms with Crippen molar-refractivity contribution in [3.63, 3.8) is 0 Å². The first kappa shape index (κ1) is 13.6. The van der Waals surface area contributed by atoms with E-state index in [1.165, 1.54) is 36.9 Å². The minimum Gasteiger partial charge on any atom is -0.326 e. The molecule has 1 aliphatic heterocycles. The molecule has 2 nitrogen and oxygen atoms in total. The molecular weight excluding hydrogens is 220 g/mol. The summed E-state index contributed by atoms with van der Waals surface area (Å²) >= 11 is 0. The maximum Gasteiger partial charge on any atom is 0.0250 e. The summed E-state index contributed by atoms with van der Waals surface area (Å²) in [6.45, 7) is 6.62. The van der Waals surface area contributed by atoms with Crippen LogP contribution < -0.4 is 5.73 Å². The lowest BCUT2D eigenvalue weighted by atomic mass is 9.94. The third-order valence-corrected chi connectivity index (χ3v) is 4.10. The van der Waals surface area contributed by atoms with Gasteiger partial charge in [-0.15, -0.1) is 0 Å². The minimum atomic E-state index is 0.329. The number of benzene rings is 1. The third kappa shape index (κ3) is 3.33. The molecule has 1 aromatic carbocycles. The van der Waals surface area contributed by atoms with Gasteiger partial charge in [-0.05, 0) is 38.3 Å². The van der Waals surface area contributed by atoms with E-state index in [2.05, 4.69) is 43.0 Å². The van der Waals surface area contributed by atoms with Crippen molar-refractivity contribution in [1.29, 1.82) is 0 Å². The molecule has 18 heavy (non-hydrogen) atoms. The minimum absolute atomic E-state index is 0.329. The van der Waals surface area contributed by atoms with E-state index in [0.29, 0.717) is 12.1 Å². The Kier molecular flexibility index (Phi) is 4.79. The van der Waals surface area contributed by atoms with Crippen LogP contribution in [0.15, 0.2) is 24.3 Å². The lowest BCUT2D eigenvalue weighted by Gasteiger charge is -2.39. The molecule has 1 heterocycles. The normalized spacial score (nSPS) is 22.9. The monoisotopic (exact) mass is 246 g/mol. The number of hydrogen-bond acceptors (Lipinski definition) is 2. The Balaban J connectivity index is 2.05. The summed E-state index contributed by atoms with van der Waals surface area (Å²) < 4.78 is 0. The first-order valence-corrected chi connectivity index (χ1v) is 7.26. The van der Waals surface area contributed by atoms with Crippen LogP contribution in [-0.4, -0.2) is 23.5 Å². The lowest BCUT2D eigenvalue weighted by molar-refractivity contribution is 0.117. The van der Waals surface area contributed by atoms with Gasteiger partial charge in [-0.1, -0.05) is 43.2 Å². The fourth-order valence-corrected chi connectivity index (χ4v) is 3.02. The molecule has 1 aromatic rings. The molecule has 1 aliphatic rings. The van der Waals surface area contributed by atoms with Gasteiger partial charge in [0.2, 0.25) is 0 Å². The molecule has 100 valence electrons. The van der Waals surface area contributed by atoms with Gasteiger partial charge in [0.1, 0.15) is 0 Å². The van der Waals surface area contributed by atoms with Crippen molar-refractivity contribution >= 4 is 0 Å². The highest BCUT2D eigenvalue weighted by Crippen LogP contribution is 2.22. The predicted molar refractivity (Wildman–Crippen MR) is 77.5 cm³/mol. The van der Waals surface area contributed by atoms with Gasteiger partial charge in [0.15, 0.2) is 0 Å². The van der Waals surface area contributed by atoms with Crippen molar-refractivity contribution in [2.75, 3.05) is 6.54 Å². The Bertz CT molecular complexity index is 375. The molecule has 0 saturated carbocycles. The Labute approximate surface area is 111 Å². The van der Waals surface area contributed by atoms with E-state index in [0.717, 1.165) is 13.0 Å². The Hall–Kier alpha value is -0.860. The zero-order valence-electron chi connectivity index (χ0n) is 11.7. The van der Waals surface area contributed by atoms with Crippen molar-refractivity contribution in [1.82, 2.24) is 4.90 Å². The van der Waals surface area contributed by atoms with Gasteiger partial charge in [-0.25, -0.2) is 0 Å². The second-order valence-corrected chi connectivity index (χ2v) is 5.59. The van der Waals surface area contributed by atoms with Crippen LogP contribution in [0.2, 0.25) is 0 Å². The summed E-state index contributed by atoms with van der Waals surface area (Å²) in [7, 11) is 0. The number of piperidine rings is 1. The summed E-state index contributed by atoms with van der Waals surface area (Å²) in [5, 5.41) is 0. The number of hydrogen-bond donors (Lipinski definition) is 1. The van der Waals surface area contributed by atoms with Crippen LogP contribution in [-0.2, 0) is 6.54 Å². The van der Waals surface area contributed by atoms with Crippen LogP contribution in [0, 0.1) is 6.92 Å². The SMILES string of the molecule is CCC(N)C1CCCCN1Cc1cccc(C)c1. The maximum atomic E-state index is 6.28. The molecular formula is C16H26N2. The highest BCUT2D eigenvalue weighted by atomic mass is 15.2. The van der Waals surface area contributed by atoms with E-state index < -0.39 is 0 Å². The van der Waals surface area contributed by atoms with Gasteiger partial charge in [-0.2, -0.15) is 0 Å². The number of aryl methyl sites for hydroxylation is 1. The van der Waals surface area contributed by atoms with Crippen molar-refractivity contribution in [2.24, 2.45) is 5.73 Å². The molecule has 2 unspecified atom stereocenters. The van der Waals surface area contributed by atoms with E-state index in [1.807, 2.05) is 0 Å². The highest BCUT2D eigenvalue weighted by molar-refractivity contribution is 5.22. The third-order valence-electron chi connectivity index (χ3n) is 4.10. The zero-order chi connectivity index (χ0) is 13.0. The molecule has 0 spiro atoms. The topological polar surface area (TPSA) is 29.3 Å². The molecule has 0 amide bonds. The van der Waals surface area contributed by atoms with Gasteiger partial charge in [0.05, 0.1) is 0 Å². The van der Waals surface area contributed by atoms with Gasteiger partial charge in [-0.3, -0.25) is 4.90 Å². The maximum absolute atomic E-state index is 6.28. The summed E-state index contributed by atoms with van der Waals surface area (Å²) in [6.07, 6.45) is 5.00. The smallest absolute Gasteiger partial charge is 0.0250 e. The molecule has 1 saturated heterocycles. The van der Waals surface area contributed by atoms with E-state index >= 15 is 0 Å². The number of nitrogens with two attached hydrogens (primary N) is 1. The number of likely N-dealkylation sites (tertiary alicyclic amines) is 1. The van der Waals surface area contributed by atoms with Crippen molar-refractivity contribution < 1.29 is 0 Å². The number of rotatable bonds is 4. The average molecular weight is 246 g/mol. The van der Waals surface area contributed by atoms with Crippen LogP contribution >= 0.6 is 0 Å². The standard InChI is InChI=1S/C16H26N2/c1-3-15(17)16-9-4-5-10-18(16)12-14-8-6-7-13(2)11-14/h6-8,11,15-16H,3-5,9-10,12,17H2,1-2H3. The van der Waals surface area contributed by atoms with E-state index in [1.54, 1.807) is 0 Å². The van der Waals surface area contributed by atoms with E-state index in [-0.39, 0.29) is 0 Å². The summed E-state index contributed by atoms with van der Waals surface area (Å²) in [4.78, 5) is 2.59. The molecule has 0 aliphatic carbocycles. The number of nitrogens with zero attached hydrogens (tertiary/aromatic N) is 1. The Morgan fingerprint density at radius 3 is 2.94 bits per heavy atom. The van der Waals surface area contributed by atoms with E-state index in [4.69, 9.17) is 5.73 Å². The van der Waals surface area contributed by atoms with Crippen molar-refractivity contribution in [2.45, 2.75) is 58.2 Å². The Morgan fingerprint density at radius 2 is 2.22 bits per heavy atom. The summed E-state index contributed by atoms with van der Waals surface area (Å²) in [6, 6.07) is 9.75. The summed E-state index contributed by atoms with van der Waals surface area (Å²) in [5.41, 5.74) is 9.05. The van der Waals surface area contributed by atoms with Gasteiger partial charge in [0, 0.05) is 18.6 Å². The van der Waals surface area contributed by atoms with Crippen LogP contribution in [0.4, 0.5) is 0 Å². The van der Waals surface area contributed by atoms with Crippen LogP contribution in [0.25, 0.3) is 0 Å². The van der Waals surface area contributed by atoms with E-state index in [9.17, 15) is 0 Å². The van der Waals surface area contributed by atoms with Gasteiger partial charge < -0.3 is 5.73 Å². The molecule has 0 bridgehead atoms. The lowest BCUT2D eigenvalue weighted by Crippen LogP contribution is -2.49. The first-order valence-electron chi connectivity index (χ1n) is 7.26. The van der Waals surface area contributed by atoms with Crippen LogP contribution in [0.5, 0.6) is 0 Å². The predicted octanol–water partition coefficient (Wildman–Crippen LogP) is 3.09. The molecule has 0 radical (unpaired) electrons. The second kappa shape index (κ2) is 6.35. The second-order valence-electron chi connectivity index (χ2n) is 5.59. The molecule has 2 atom stereocenters. The van der Waals surface area contributed by atoms with Gasteiger partial charge in [0.25, 0.3) is 0 Å². The van der Waals surface area contributed by atoms with Crippen LogP contribution in [0.3, 0.4) is 0 Å². The van der Waals surface area contributed by atoms with Crippen molar-refractivity contribution in [3.05, 3.63) is 35.4 Å². The highest BCUT2D eigenvalue weighted by Gasteiger charge is 2.26. The molecule has 2 N–H and O–H groups in total. The largest absolute Gasteiger partial charge is 0.326 e. The average Bonchev–Trinajstić information content (AvgIpc) is 2.38. The van der Waals surface area contributed by atoms with Gasteiger partial charge >= 0.3 is 0 Å². The molecule has 2 rings (SSSR count). The zero-order valence-corrected chi connectivity index (χ0v) is 11.7. The first-order chi connectivity index (χ1) is 8.70. The fourth-order valence-electron chi connectivity index (χ4n) is 3.02. The molecule has 1 fully saturated rings. The van der Waals surface area contributed by atoms with Crippen LogP contribution in [0.1, 0.15) is 43.7 Å². The molecule has 0 aromatic heterocycles. The molecule has 2 heteroatoms. The summed E-state index contributed by atoms with van der Waals surface area (Å²) in [5.74, 6) is 0. The quantitative estimate of drug-likeness (QED) is 0.884.